The lowest BCUT2D eigenvalue weighted by Gasteiger charge is -2.33. The van der Waals surface area contributed by atoms with Crippen molar-refractivity contribution in [2.45, 2.75) is 44.4 Å². The van der Waals surface area contributed by atoms with Crippen LogP contribution in [-0.2, 0) is 17.8 Å². The maximum absolute atomic E-state index is 5.67. The number of morpholine rings is 1. The van der Waals surface area contributed by atoms with Gasteiger partial charge in [-0.2, -0.15) is 5.10 Å². The Bertz CT molecular complexity index is 651. The fourth-order valence-electron chi connectivity index (χ4n) is 4.25. The second-order valence-electron chi connectivity index (χ2n) is 7.24. The molecule has 2 aliphatic rings. The molecule has 2 N–H and O–H groups in total. The predicted molar refractivity (Wildman–Crippen MR) is 98.3 cm³/mol. The Labute approximate surface area is 149 Å². The first kappa shape index (κ1) is 16.8. The molecule has 0 spiro atoms. The standard InChI is InChI=1S/C20H28N4O/c1-4-16(12-17(5-1)14-24-10-3-8-23-24)13-22-19-7-2-6-18(19)20-15-25-11-9-21-20/h1,3-5,8,10,12,18-22H,2,6-7,9,11,13-15H2. The quantitative estimate of drug-likeness (QED) is 0.846. The van der Waals surface area contributed by atoms with Crippen LogP contribution in [0.25, 0.3) is 0 Å². The zero-order valence-electron chi connectivity index (χ0n) is 14.7. The molecular formula is C20H28N4O. The Morgan fingerprint density at radius 2 is 2.20 bits per heavy atom. The van der Waals surface area contributed by atoms with E-state index in [1.165, 1.54) is 30.4 Å². The van der Waals surface area contributed by atoms with Gasteiger partial charge in [-0.3, -0.25) is 4.68 Å². The summed E-state index contributed by atoms with van der Waals surface area (Å²) in [6, 6.07) is 11.9. The number of hydrogen-bond acceptors (Lipinski definition) is 4. The number of ether oxygens (including phenoxy) is 1. The molecule has 1 aliphatic carbocycles. The predicted octanol–water partition coefficient (Wildman–Crippen LogP) is 2.18. The fraction of sp³-hybridized carbons (Fsp3) is 0.550. The van der Waals surface area contributed by atoms with E-state index in [1.807, 2.05) is 23.1 Å². The van der Waals surface area contributed by atoms with E-state index in [-0.39, 0.29) is 0 Å². The maximum Gasteiger partial charge on any atom is 0.0659 e. The smallest absolute Gasteiger partial charge is 0.0659 e. The van der Waals surface area contributed by atoms with Gasteiger partial charge in [-0.25, -0.2) is 0 Å². The van der Waals surface area contributed by atoms with Crippen molar-refractivity contribution in [1.29, 1.82) is 0 Å². The maximum atomic E-state index is 5.67. The summed E-state index contributed by atoms with van der Waals surface area (Å²) < 4.78 is 7.64. The number of rotatable bonds is 6. The SMILES string of the molecule is c1cc(CNC2CCCC2C2COCCN2)cc(Cn2cccn2)c1. The summed E-state index contributed by atoms with van der Waals surface area (Å²) in [7, 11) is 0. The van der Waals surface area contributed by atoms with Gasteiger partial charge in [0.25, 0.3) is 0 Å². The highest BCUT2D eigenvalue weighted by atomic mass is 16.5. The van der Waals surface area contributed by atoms with Gasteiger partial charge < -0.3 is 15.4 Å². The second-order valence-corrected chi connectivity index (χ2v) is 7.24. The van der Waals surface area contributed by atoms with E-state index in [2.05, 4.69) is 40.0 Å². The van der Waals surface area contributed by atoms with Crippen molar-refractivity contribution in [1.82, 2.24) is 20.4 Å². The normalized spacial score (nSPS) is 26.8. The molecule has 0 radical (unpaired) electrons. The van der Waals surface area contributed by atoms with Crippen LogP contribution in [0.3, 0.4) is 0 Å². The van der Waals surface area contributed by atoms with Gasteiger partial charge in [0.1, 0.15) is 0 Å². The Hall–Kier alpha value is -1.69. The van der Waals surface area contributed by atoms with Gasteiger partial charge in [0.05, 0.1) is 19.8 Å². The van der Waals surface area contributed by atoms with E-state index in [9.17, 15) is 0 Å². The van der Waals surface area contributed by atoms with E-state index in [0.717, 1.165) is 32.8 Å². The third-order valence-corrected chi connectivity index (χ3v) is 5.50. The Morgan fingerprint density at radius 1 is 1.24 bits per heavy atom. The molecule has 2 fully saturated rings. The summed E-state index contributed by atoms with van der Waals surface area (Å²) in [5, 5.41) is 11.8. The summed E-state index contributed by atoms with van der Waals surface area (Å²) in [5.41, 5.74) is 2.65. The summed E-state index contributed by atoms with van der Waals surface area (Å²) in [6.07, 6.45) is 7.73. The third-order valence-electron chi connectivity index (χ3n) is 5.50. The highest BCUT2D eigenvalue weighted by Crippen LogP contribution is 2.29. The number of hydrogen-bond donors (Lipinski definition) is 2. The molecule has 5 nitrogen and oxygen atoms in total. The van der Waals surface area contributed by atoms with Crippen molar-refractivity contribution in [2.24, 2.45) is 5.92 Å². The molecule has 0 bridgehead atoms. The van der Waals surface area contributed by atoms with E-state index in [1.54, 1.807) is 0 Å². The van der Waals surface area contributed by atoms with Gasteiger partial charge in [0.2, 0.25) is 0 Å². The van der Waals surface area contributed by atoms with E-state index in [0.29, 0.717) is 18.0 Å². The number of nitrogens with zero attached hydrogens (tertiary/aromatic N) is 2. The Balaban J connectivity index is 1.34. The van der Waals surface area contributed by atoms with Crippen molar-refractivity contribution < 1.29 is 4.74 Å². The molecule has 25 heavy (non-hydrogen) atoms. The third kappa shape index (κ3) is 4.29. The highest BCUT2D eigenvalue weighted by molar-refractivity contribution is 5.23. The van der Waals surface area contributed by atoms with Crippen molar-refractivity contribution in [3.05, 3.63) is 53.9 Å². The molecule has 0 amide bonds. The van der Waals surface area contributed by atoms with Crippen molar-refractivity contribution in [3.63, 3.8) is 0 Å². The molecular weight excluding hydrogens is 312 g/mol. The van der Waals surface area contributed by atoms with Gasteiger partial charge in [0, 0.05) is 37.6 Å². The van der Waals surface area contributed by atoms with Crippen LogP contribution in [0.1, 0.15) is 30.4 Å². The molecule has 5 heteroatoms. The van der Waals surface area contributed by atoms with E-state index >= 15 is 0 Å². The zero-order valence-corrected chi connectivity index (χ0v) is 14.7. The largest absolute Gasteiger partial charge is 0.379 e. The summed E-state index contributed by atoms with van der Waals surface area (Å²) in [4.78, 5) is 0. The molecule has 1 saturated heterocycles. The van der Waals surface area contributed by atoms with Crippen molar-refractivity contribution in [3.8, 4) is 0 Å². The van der Waals surface area contributed by atoms with Crippen LogP contribution in [0, 0.1) is 5.92 Å². The molecule has 1 aromatic heterocycles. The number of nitrogens with one attached hydrogen (secondary N) is 2. The van der Waals surface area contributed by atoms with Gasteiger partial charge in [-0.1, -0.05) is 30.7 Å². The van der Waals surface area contributed by atoms with Gasteiger partial charge in [-0.05, 0) is 36.0 Å². The van der Waals surface area contributed by atoms with Crippen molar-refractivity contribution in [2.75, 3.05) is 19.8 Å². The van der Waals surface area contributed by atoms with Gasteiger partial charge >= 0.3 is 0 Å². The highest BCUT2D eigenvalue weighted by Gasteiger charge is 2.34. The lowest BCUT2D eigenvalue weighted by Crippen LogP contribution is -2.50. The topological polar surface area (TPSA) is 51.1 Å². The minimum atomic E-state index is 0.514. The van der Waals surface area contributed by atoms with Gasteiger partial charge in [0.15, 0.2) is 0 Å². The lowest BCUT2D eigenvalue weighted by atomic mass is 9.94. The van der Waals surface area contributed by atoms with Crippen molar-refractivity contribution >= 4 is 0 Å². The van der Waals surface area contributed by atoms with Crippen LogP contribution in [0.15, 0.2) is 42.7 Å². The first-order valence-electron chi connectivity index (χ1n) is 9.48. The van der Waals surface area contributed by atoms with Crippen LogP contribution >= 0.6 is 0 Å². The van der Waals surface area contributed by atoms with Crippen LogP contribution in [0.4, 0.5) is 0 Å². The number of aromatic nitrogens is 2. The fourth-order valence-corrected chi connectivity index (χ4v) is 4.25. The van der Waals surface area contributed by atoms with Gasteiger partial charge in [-0.15, -0.1) is 0 Å². The molecule has 2 heterocycles. The molecule has 3 atom stereocenters. The van der Waals surface area contributed by atoms with Crippen LogP contribution in [0.2, 0.25) is 0 Å². The molecule has 1 saturated carbocycles. The summed E-state index contributed by atoms with van der Waals surface area (Å²) in [6.45, 7) is 4.47. The molecule has 1 aromatic carbocycles. The van der Waals surface area contributed by atoms with E-state index in [4.69, 9.17) is 4.74 Å². The monoisotopic (exact) mass is 340 g/mol. The van der Waals surface area contributed by atoms with Crippen LogP contribution < -0.4 is 10.6 Å². The molecule has 2 aromatic rings. The minimum Gasteiger partial charge on any atom is -0.379 e. The molecule has 4 rings (SSSR count). The lowest BCUT2D eigenvalue weighted by molar-refractivity contribution is 0.0524. The molecule has 134 valence electrons. The summed E-state index contributed by atoms with van der Waals surface area (Å²) in [5.74, 6) is 0.688. The first-order chi connectivity index (χ1) is 12.4. The second kappa shape index (κ2) is 8.13. The Morgan fingerprint density at radius 3 is 3.04 bits per heavy atom. The van der Waals surface area contributed by atoms with Crippen LogP contribution in [0.5, 0.6) is 0 Å². The van der Waals surface area contributed by atoms with Crippen LogP contribution in [-0.4, -0.2) is 41.6 Å². The molecule has 1 aliphatic heterocycles. The number of benzene rings is 1. The average Bonchev–Trinajstić information content (AvgIpc) is 3.33. The summed E-state index contributed by atoms with van der Waals surface area (Å²) >= 11 is 0. The molecule has 3 unspecified atom stereocenters. The minimum absolute atomic E-state index is 0.514. The van der Waals surface area contributed by atoms with E-state index < -0.39 is 0 Å². The zero-order chi connectivity index (χ0) is 16.9. The Kier molecular flexibility index (Phi) is 5.45. The average molecular weight is 340 g/mol. The first-order valence-corrected chi connectivity index (χ1v) is 9.48.